The Labute approximate surface area is 177 Å². The van der Waals surface area contributed by atoms with E-state index < -0.39 is 22.7 Å². The van der Waals surface area contributed by atoms with Crippen molar-refractivity contribution in [3.8, 4) is 0 Å². The number of carbonyl (C=O) groups is 2. The van der Waals surface area contributed by atoms with Gasteiger partial charge < -0.3 is 10.2 Å². The molecule has 2 aromatic carbocycles. The molecule has 2 amide bonds. The number of anilines is 1. The van der Waals surface area contributed by atoms with Gasteiger partial charge in [-0.05, 0) is 55.3 Å². The maximum Gasteiger partial charge on any atom is 0.264 e. The molecule has 2 aromatic rings. The number of hydrogen-bond donors (Lipinski definition) is 2. The first-order valence-electron chi connectivity index (χ1n) is 9.70. The molecule has 30 heavy (non-hydrogen) atoms. The SMILES string of the molecule is CC1(c2ccccc2)CC(C)(C)N2C(=O)C(=C3SC(=N)NC3=O)c3cc(F)cc1c32. The Morgan fingerprint density at radius 3 is 2.47 bits per heavy atom. The molecule has 1 fully saturated rings. The molecule has 3 aliphatic rings. The van der Waals surface area contributed by atoms with Crippen molar-refractivity contribution in [1.82, 2.24) is 5.32 Å². The Morgan fingerprint density at radius 2 is 1.83 bits per heavy atom. The van der Waals surface area contributed by atoms with Crippen molar-refractivity contribution < 1.29 is 14.0 Å². The molecule has 0 bridgehead atoms. The fourth-order valence-electron chi connectivity index (χ4n) is 5.18. The highest BCUT2D eigenvalue weighted by molar-refractivity contribution is 8.18. The largest absolute Gasteiger partial charge is 0.302 e. The van der Waals surface area contributed by atoms with Crippen LogP contribution in [0.4, 0.5) is 10.1 Å². The first-order chi connectivity index (χ1) is 14.1. The smallest absolute Gasteiger partial charge is 0.264 e. The molecule has 3 aliphatic heterocycles. The Hall–Kier alpha value is -2.93. The van der Waals surface area contributed by atoms with Gasteiger partial charge in [-0.2, -0.15) is 0 Å². The molecular weight excluding hydrogens is 401 g/mol. The molecular formula is C23H20FN3O2S. The molecule has 5 nitrogen and oxygen atoms in total. The average Bonchev–Trinajstić information content (AvgIpc) is 3.15. The second-order valence-electron chi connectivity index (χ2n) is 8.77. The normalized spacial score (nSPS) is 26.8. The lowest BCUT2D eigenvalue weighted by Crippen LogP contribution is -2.54. The van der Waals surface area contributed by atoms with Gasteiger partial charge in [0.1, 0.15) is 5.82 Å². The van der Waals surface area contributed by atoms with Crippen LogP contribution in [0.5, 0.6) is 0 Å². The maximum atomic E-state index is 14.9. The van der Waals surface area contributed by atoms with Crippen LogP contribution in [0.15, 0.2) is 47.4 Å². The van der Waals surface area contributed by atoms with Crippen molar-refractivity contribution in [1.29, 1.82) is 5.41 Å². The van der Waals surface area contributed by atoms with Crippen molar-refractivity contribution in [3.05, 3.63) is 69.9 Å². The lowest BCUT2D eigenvalue weighted by Gasteiger charge is -2.49. The molecule has 0 saturated carbocycles. The predicted molar refractivity (Wildman–Crippen MR) is 116 cm³/mol. The van der Waals surface area contributed by atoms with Gasteiger partial charge >= 0.3 is 0 Å². The molecule has 1 atom stereocenters. The molecule has 0 aromatic heterocycles. The van der Waals surface area contributed by atoms with Crippen LogP contribution in [0.2, 0.25) is 0 Å². The van der Waals surface area contributed by atoms with Gasteiger partial charge in [-0.1, -0.05) is 37.3 Å². The van der Waals surface area contributed by atoms with Gasteiger partial charge in [-0.15, -0.1) is 0 Å². The van der Waals surface area contributed by atoms with Crippen LogP contribution in [0, 0.1) is 11.2 Å². The summed E-state index contributed by atoms with van der Waals surface area (Å²) in [6.45, 7) is 6.08. The number of benzene rings is 2. The average molecular weight is 421 g/mol. The van der Waals surface area contributed by atoms with Gasteiger partial charge in [0.15, 0.2) is 5.17 Å². The lowest BCUT2D eigenvalue weighted by molar-refractivity contribution is -0.116. The first kappa shape index (κ1) is 19.1. The summed E-state index contributed by atoms with van der Waals surface area (Å²) in [6, 6.07) is 12.8. The Kier molecular flexibility index (Phi) is 3.84. The minimum Gasteiger partial charge on any atom is -0.302 e. The Morgan fingerprint density at radius 1 is 1.13 bits per heavy atom. The molecule has 1 unspecified atom stereocenters. The van der Waals surface area contributed by atoms with Crippen molar-refractivity contribution in [3.63, 3.8) is 0 Å². The number of amides is 2. The highest BCUT2D eigenvalue weighted by Crippen LogP contribution is 2.57. The van der Waals surface area contributed by atoms with E-state index in [1.165, 1.54) is 12.1 Å². The van der Waals surface area contributed by atoms with Crippen LogP contribution in [0.25, 0.3) is 5.57 Å². The zero-order valence-electron chi connectivity index (χ0n) is 16.8. The molecule has 7 heteroatoms. The van der Waals surface area contributed by atoms with E-state index in [2.05, 4.69) is 12.2 Å². The molecule has 152 valence electrons. The Bertz CT molecular complexity index is 1190. The van der Waals surface area contributed by atoms with Crippen molar-refractivity contribution >= 4 is 40.0 Å². The number of amidine groups is 1. The number of nitrogens with zero attached hydrogens (tertiary/aromatic N) is 1. The highest BCUT2D eigenvalue weighted by atomic mass is 32.2. The van der Waals surface area contributed by atoms with E-state index in [0.717, 1.165) is 22.9 Å². The lowest BCUT2D eigenvalue weighted by atomic mass is 9.65. The number of carbonyl (C=O) groups excluding carboxylic acids is 2. The topological polar surface area (TPSA) is 73.3 Å². The predicted octanol–water partition coefficient (Wildman–Crippen LogP) is 4.17. The summed E-state index contributed by atoms with van der Waals surface area (Å²) >= 11 is 0.912. The van der Waals surface area contributed by atoms with Crippen molar-refractivity contribution in [2.45, 2.75) is 38.1 Å². The molecule has 1 saturated heterocycles. The van der Waals surface area contributed by atoms with Crippen LogP contribution < -0.4 is 10.2 Å². The summed E-state index contributed by atoms with van der Waals surface area (Å²) < 4.78 is 14.9. The third kappa shape index (κ3) is 2.45. The number of thioether (sulfide) groups is 1. The quantitative estimate of drug-likeness (QED) is 0.679. The zero-order chi connectivity index (χ0) is 21.4. The molecule has 0 aliphatic carbocycles. The fourth-order valence-corrected chi connectivity index (χ4v) is 5.97. The van der Waals surface area contributed by atoms with E-state index in [4.69, 9.17) is 5.41 Å². The van der Waals surface area contributed by atoms with E-state index >= 15 is 0 Å². The molecule has 5 rings (SSSR count). The number of rotatable bonds is 1. The van der Waals surface area contributed by atoms with Crippen molar-refractivity contribution in [2.75, 3.05) is 4.90 Å². The fraction of sp³-hybridized carbons (Fsp3) is 0.261. The van der Waals surface area contributed by atoms with Crippen LogP contribution in [0.3, 0.4) is 0 Å². The Balaban J connectivity index is 1.86. The van der Waals surface area contributed by atoms with E-state index in [1.54, 1.807) is 4.90 Å². The highest BCUT2D eigenvalue weighted by Gasteiger charge is 2.54. The van der Waals surface area contributed by atoms with E-state index in [9.17, 15) is 14.0 Å². The van der Waals surface area contributed by atoms with Crippen LogP contribution in [-0.4, -0.2) is 22.5 Å². The number of halogens is 1. The van der Waals surface area contributed by atoms with Crippen LogP contribution in [0.1, 0.15) is 43.9 Å². The second kappa shape index (κ2) is 6.04. The first-order valence-corrected chi connectivity index (χ1v) is 10.5. The van der Waals surface area contributed by atoms with Crippen LogP contribution in [-0.2, 0) is 15.0 Å². The molecule has 0 spiro atoms. The van der Waals surface area contributed by atoms with Crippen molar-refractivity contribution in [2.24, 2.45) is 0 Å². The minimum absolute atomic E-state index is 0.0322. The van der Waals surface area contributed by atoms with E-state index in [1.807, 2.05) is 44.2 Å². The summed E-state index contributed by atoms with van der Waals surface area (Å²) in [4.78, 5) is 27.9. The van der Waals surface area contributed by atoms with Gasteiger partial charge in [0.05, 0.1) is 16.2 Å². The monoisotopic (exact) mass is 421 g/mol. The molecule has 2 N–H and O–H groups in total. The summed E-state index contributed by atoms with van der Waals surface area (Å²) in [5.74, 6) is -1.25. The van der Waals surface area contributed by atoms with Gasteiger partial charge in [0.2, 0.25) is 0 Å². The molecule has 0 radical (unpaired) electrons. The zero-order valence-corrected chi connectivity index (χ0v) is 17.6. The third-order valence-electron chi connectivity index (χ3n) is 6.25. The maximum absolute atomic E-state index is 14.9. The van der Waals surface area contributed by atoms with E-state index in [-0.39, 0.29) is 21.6 Å². The minimum atomic E-state index is -0.559. The van der Waals surface area contributed by atoms with Gasteiger partial charge in [0, 0.05) is 16.5 Å². The van der Waals surface area contributed by atoms with Gasteiger partial charge in [0.25, 0.3) is 11.8 Å². The second-order valence-corrected chi connectivity index (χ2v) is 9.79. The summed E-state index contributed by atoms with van der Waals surface area (Å²) in [5.41, 5.74) is 2.00. The van der Waals surface area contributed by atoms with Gasteiger partial charge in [-0.3, -0.25) is 15.0 Å². The molecule has 3 heterocycles. The van der Waals surface area contributed by atoms with Gasteiger partial charge in [-0.25, -0.2) is 4.39 Å². The number of nitrogens with one attached hydrogen (secondary N) is 2. The number of hydrogen-bond acceptors (Lipinski definition) is 4. The third-order valence-corrected chi connectivity index (χ3v) is 7.15. The van der Waals surface area contributed by atoms with E-state index in [0.29, 0.717) is 17.7 Å². The summed E-state index contributed by atoms with van der Waals surface area (Å²) in [7, 11) is 0. The van der Waals surface area contributed by atoms with Crippen LogP contribution >= 0.6 is 11.8 Å². The summed E-state index contributed by atoms with van der Waals surface area (Å²) in [5, 5.41) is 10.2. The standard InChI is InChI=1S/C23H20FN3O2S/c1-22(2)11-23(3,12-7-5-4-6-8-12)15-10-13(24)9-14-16(20(29)27(22)17(14)15)18-19(28)26-21(25)30-18/h4-10H,11H2,1-3H3,(H2,25,26,28). The summed E-state index contributed by atoms with van der Waals surface area (Å²) in [6.07, 6.45) is 0.601.